The van der Waals surface area contributed by atoms with Crippen LogP contribution in [0.3, 0.4) is 0 Å². The fourth-order valence-electron chi connectivity index (χ4n) is 4.84. The van der Waals surface area contributed by atoms with Gasteiger partial charge in [0, 0.05) is 61.4 Å². The molecule has 5 heterocycles. The van der Waals surface area contributed by atoms with E-state index < -0.39 is 0 Å². The normalized spacial score (nSPS) is 16.0. The molecule has 7 rings (SSSR count). The molecule has 176 valence electrons. The molecule has 2 amide bonds. The minimum atomic E-state index is -0.195. The summed E-state index contributed by atoms with van der Waals surface area (Å²) in [6.07, 6.45) is 3.53. The summed E-state index contributed by atoms with van der Waals surface area (Å²) in [5.41, 5.74) is 3.92. The number of fused-ring (bicyclic) bond motifs is 4. The van der Waals surface area contributed by atoms with Crippen molar-refractivity contribution in [1.82, 2.24) is 14.5 Å². The van der Waals surface area contributed by atoms with Crippen molar-refractivity contribution in [3.8, 4) is 11.6 Å². The maximum atomic E-state index is 13.4. The number of aromatic nitrogens is 2. The number of hydrogen-bond donors (Lipinski definition) is 1. The van der Waals surface area contributed by atoms with E-state index in [4.69, 9.17) is 4.74 Å². The highest BCUT2D eigenvalue weighted by Gasteiger charge is 2.25. The first-order valence-electron chi connectivity index (χ1n) is 11.7. The second-order valence-electron chi connectivity index (χ2n) is 8.97. The Balaban J connectivity index is 1.45. The summed E-state index contributed by atoms with van der Waals surface area (Å²) in [7, 11) is 0. The number of aryl methyl sites for hydroxylation is 1. The molecule has 4 aromatic rings. The first-order valence-corrected chi connectivity index (χ1v) is 11.7. The minimum absolute atomic E-state index is 0.0586. The summed E-state index contributed by atoms with van der Waals surface area (Å²) in [5.74, 6) is 0.824. The third-order valence-electron chi connectivity index (χ3n) is 6.63. The van der Waals surface area contributed by atoms with Crippen molar-refractivity contribution in [2.45, 2.75) is 13.5 Å². The van der Waals surface area contributed by atoms with E-state index in [2.05, 4.69) is 15.2 Å². The Morgan fingerprint density at radius 2 is 1.77 bits per heavy atom. The Hall–Kier alpha value is -4.33. The Bertz CT molecular complexity index is 1450. The topological polar surface area (TPSA) is 79.7 Å². The lowest BCUT2D eigenvalue weighted by molar-refractivity contribution is -0.132. The lowest BCUT2D eigenvalue weighted by atomic mass is 10.1. The van der Waals surface area contributed by atoms with Crippen LogP contribution < -0.4 is 15.0 Å². The molecule has 8 nitrogen and oxygen atoms in total. The number of para-hydroxylation sites is 1. The van der Waals surface area contributed by atoms with Gasteiger partial charge in [-0.1, -0.05) is 23.8 Å². The van der Waals surface area contributed by atoms with Gasteiger partial charge < -0.3 is 24.4 Å². The smallest absolute Gasteiger partial charge is 0.257 e. The third kappa shape index (κ3) is 3.97. The number of rotatable bonds is 0. The van der Waals surface area contributed by atoms with Gasteiger partial charge in [0.2, 0.25) is 11.8 Å². The number of piperazine rings is 1. The Morgan fingerprint density at radius 3 is 2.63 bits per heavy atom. The molecule has 8 heteroatoms. The number of ether oxygens (including phenoxy) is 1. The van der Waals surface area contributed by atoms with Crippen molar-refractivity contribution in [3.63, 3.8) is 0 Å². The van der Waals surface area contributed by atoms with Crippen LogP contribution in [0.4, 0.5) is 11.4 Å². The van der Waals surface area contributed by atoms with Gasteiger partial charge in [-0.15, -0.1) is 0 Å². The lowest BCUT2D eigenvalue weighted by Gasteiger charge is -2.37. The highest BCUT2D eigenvalue weighted by molar-refractivity contribution is 6.08. The Morgan fingerprint density at radius 1 is 0.943 bits per heavy atom. The number of anilines is 2. The molecule has 4 bridgehead atoms. The Labute approximate surface area is 202 Å². The molecular formula is C27H25N5O3. The fraction of sp³-hybridized carbons (Fsp3) is 0.222. The molecule has 0 radical (unpaired) electrons. The molecule has 1 fully saturated rings. The molecule has 1 N–H and O–H groups in total. The number of amides is 2. The summed E-state index contributed by atoms with van der Waals surface area (Å²) >= 11 is 0. The van der Waals surface area contributed by atoms with Gasteiger partial charge in [0.15, 0.2) is 5.75 Å². The van der Waals surface area contributed by atoms with E-state index in [0.717, 1.165) is 22.2 Å². The van der Waals surface area contributed by atoms with Gasteiger partial charge in [0.1, 0.15) is 6.54 Å². The third-order valence-corrected chi connectivity index (χ3v) is 6.63. The maximum Gasteiger partial charge on any atom is 0.257 e. The molecule has 2 aromatic heterocycles. The van der Waals surface area contributed by atoms with E-state index >= 15 is 0 Å². The average molecular weight is 468 g/mol. The van der Waals surface area contributed by atoms with E-state index in [9.17, 15) is 9.59 Å². The highest BCUT2D eigenvalue weighted by atomic mass is 16.5. The number of carbonyl (C=O) groups is 2. The molecule has 35 heavy (non-hydrogen) atoms. The molecule has 0 saturated carbocycles. The lowest BCUT2D eigenvalue weighted by Crippen LogP contribution is -2.50. The van der Waals surface area contributed by atoms with Gasteiger partial charge in [0.25, 0.3) is 5.91 Å². The number of carbonyl (C=O) groups excluding carboxylic acids is 2. The van der Waals surface area contributed by atoms with Crippen molar-refractivity contribution >= 4 is 34.1 Å². The van der Waals surface area contributed by atoms with E-state index in [-0.39, 0.29) is 18.4 Å². The highest BCUT2D eigenvalue weighted by Crippen LogP contribution is 2.32. The van der Waals surface area contributed by atoms with Crippen LogP contribution >= 0.6 is 0 Å². The largest absolute Gasteiger partial charge is 0.437 e. The van der Waals surface area contributed by atoms with Crippen LogP contribution in [0, 0.1) is 6.92 Å². The van der Waals surface area contributed by atoms with Gasteiger partial charge in [-0.05, 0) is 37.3 Å². The number of nitrogens with zero attached hydrogens (tertiary/aromatic N) is 4. The van der Waals surface area contributed by atoms with Gasteiger partial charge in [-0.2, -0.15) is 0 Å². The SMILES string of the molecule is Cc1ccc2c(c1)C(=O)Nc1ccnc(c1)Oc1cccc3ccn(c13)CC(=O)N1CCN2CC1. The van der Waals surface area contributed by atoms with Gasteiger partial charge in [-0.3, -0.25) is 9.59 Å². The van der Waals surface area contributed by atoms with Crippen LogP contribution in [0.25, 0.3) is 10.9 Å². The molecule has 3 aliphatic heterocycles. The summed E-state index contributed by atoms with van der Waals surface area (Å²) < 4.78 is 8.09. The zero-order chi connectivity index (χ0) is 23.9. The van der Waals surface area contributed by atoms with Crippen molar-refractivity contribution in [2.24, 2.45) is 0 Å². The summed E-state index contributed by atoms with van der Waals surface area (Å²) in [6.45, 7) is 4.72. The van der Waals surface area contributed by atoms with Crippen molar-refractivity contribution in [2.75, 3.05) is 36.4 Å². The fourth-order valence-corrected chi connectivity index (χ4v) is 4.84. The maximum absolute atomic E-state index is 13.4. The van der Waals surface area contributed by atoms with Crippen LogP contribution in [0.5, 0.6) is 11.6 Å². The summed E-state index contributed by atoms with van der Waals surface area (Å²) in [4.78, 5) is 35.0. The number of hydrogen-bond acceptors (Lipinski definition) is 5. The molecule has 0 spiro atoms. The molecule has 0 atom stereocenters. The van der Waals surface area contributed by atoms with Crippen molar-refractivity contribution in [1.29, 1.82) is 0 Å². The second-order valence-corrected chi connectivity index (χ2v) is 8.97. The van der Waals surface area contributed by atoms with E-state index in [1.54, 1.807) is 18.3 Å². The first kappa shape index (κ1) is 21.2. The predicted octanol–water partition coefficient (Wildman–Crippen LogP) is 4.05. The van der Waals surface area contributed by atoms with Crippen LogP contribution in [-0.4, -0.2) is 52.4 Å². The summed E-state index contributed by atoms with van der Waals surface area (Å²) in [6, 6.07) is 17.1. The van der Waals surface area contributed by atoms with Crippen LogP contribution in [0.2, 0.25) is 0 Å². The molecule has 1 saturated heterocycles. The van der Waals surface area contributed by atoms with Gasteiger partial charge in [-0.25, -0.2) is 4.98 Å². The van der Waals surface area contributed by atoms with E-state index in [1.165, 1.54) is 0 Å². The number of nitrogens with one attached hydrogen (secondary N) is 1. The average Bonchev–Trinajstić information content (AvgIpc) is 3.27. The van der Waals surface area contributed by atoms with Crippen LogP contribution in [0.15, 0.2) is 67.0 Å². The van der Waals surface area contributed by atoms with Crippen molar-refractivity contribution in [3.05, 3.63) is 78.1 Å². The van der Waals surface area contributed by atoms with Crippen LogP contribution in [0.1, 0.15) is 15.9 Å². The molecule has 2 aromatic carbocycles. The number of benzene rings is 2. The number of pyridine rings is 1. The quantitative estimate of drug-likeness (QED) is 0.422. The predicted molar refractivity (Wildman–Crippen MR) is 134 cm³/mol. The molecule has 3 aliphatic rings. The first-order chi connectivity index (χ1) is 17.0. The van der Waals surface area contributed by atoms with Gasteiger partial charge in [0.05, 0.1) is 11.1 Å². The molecule has 0 unspecified atom stereocenters. The van der Waals surface area contributed by atoms with E-state index in [1.807, 2.05) is 65.1 Å². The van der Waals surface area contributed by atoms with Crippen molar-refractivity contribution < 1.29 is 14.3 Å². The summed E-state index contributed by atoms with van der Waals surface area (Å²) in [5, 5.41) is 3.99. The van der Waals surface area contributed by atoms with Crippen LogP contribution in [-0.2, 0) is 11.3 Å². The Kier molecular flexibility index (Phi) is 5.13. The van der Waals surface area contributed by atoms with Gasteiger partial charge >= 0.3 is 0 Å². The zero-order valence-corrected chi connectivity index (χ0v) is 19.4. The molecular weight excluding hydrogens is 442 g/mol. The standard InChI is InChI=1S/C27H25N5O3/c1-18-5-6-22-21(15-18)27(34)29-20-7-9-28-24(16-20)35-23-4-2-3-19-8-10-32(26(19)23)17-25(33)31-13-11-30(22)12-14-31/h2-10,15-16H,11-14,17H2,1H3,(H,29,34). The van der Waals surface area contributed by atoms with E-state index in [0.29, 0.717) is 49.1 Å². The minimum Gasteiger partial charge on any atom is -0.437 e. The monoisotopic (exact) mass is 467 g/mol. The zero-order valence-electron chi connectivity index (χ0n) is 19.4. The molecule has 0 aliphatic carbocycles. The second kappa shape index (κ2) is 8.47.